The van der Waals surface area contributed by atoms with Gasteiger partial charge in [0.05, 0.1) is 4.47 Å². The standard InChI is InChI=1S/C12H9BrCl2N2S/c1-6-11(13)12(18)17-10(16-6)5-7-8(14)3-2-4-9(7)15/h2-4H,5H2,1H3,(H,16,17,18). The molecule has 2 rings (SSSR count). The summed E-state index contributed by atoms with van der Waals surface area (Å²) in [7, 11) is 0. The van der Waals surface area contributed by atoms with Crippen molar-refractivity contribution in [2.45, 2.75) is 13.3 Å². The predicted octanol–water partition coefficient (Wildman–Crippen LogP) is 5.11. The zero-order valence-corrected chi connectivity index (χ0v) is 13.3. The molecule has 0 fully saturated rings. The molecule has 94 valence electrons. The molecule has 0 saturated heterocycles. The smallest absolute Gasteiger partial charge is 0.144 e. The third-order valence-electron chi connectivity index (χ3n) is 2.49. The molecular weight excluding hydrogens is 355 g/mol. The van der Waals surface area contributed by atoms with E-state index in [-0.39, 0.29) is 0 Å². The molecule has 0 radical (unpaired) electrons. The van der Waals surface area contributed by atoms with Gasteiger partial charge in [0.15, 0.2) is 0 Å². The number of rotatable bonds is 2. The number of aromatic nitrogens is 2. The summed E-state index contributed by atoms with van der Waals surface area (Å²) in [6.07, 6.45) is 0.524. The Morgan fingerprint density at radius 3 is 2.50 bits per heavy atom. The van der Waals surface area contributed by atoms with Crippen LogP contribution in [0.25, 0.3) is 0 Å². The largest absolute Gasteiger partial charge is 0.346 e. The zero-order valence-electron chi connectivity index (χ0n) is 9.43. The quantitative estimate of drug-likeness (QED) is 0.751. The molecule has 1 heterocycles. The van der Waals surface area contributed by atoms with Gasteiger partial charge in [0.1, 0.15) is 10.5 Å². The first-order chi connectivity index (χ1) is 8.49. The number of nitrogens with one attached hydrogen (secondary N) is 1. The Balaban J connectivity index is 2.44. The molecule has 2 aromatic rings. The maximum absolute atomic E-state index is 6.13. The highest BCUT2D eigenvalue weighted by molar-refractivity contribution is 9.10. The Hall–Kier alpha value is -0.420. The summed E-state index contributed by atoms with van der Waals surface area (Å²) < 4.78 is 1.34. The normalized spacial score (nSPS) is 10.7. The summed E-state index contributed by atoms with van der Waals surface area (Å²) in [5, 5.41) is 1.26. The molecule has 0 saturated carbocycles. The molecule has 0 spiro atoms. The number of hydrogen-bond donors (Lipinski definition) is 1. The Morgan fingerprint density at radius 1 is 1.33 bits per heavy atom. The minimum absolute atomic E-state index is 0.524. The van der Waals surface area contributed by atoms with Crippen LogP contribution in [0.5, 0.6) is 0 Å². The van der Waals surface area contributed by atoms with E-state index >= 15 is 0 Å². The van der Waals surface area contributed by atoms with Crippen molar-refractivity contribution in [2.75, 3.05) is 0 Å². The van der Waals surface area contributed by atoms with Crippen LogP contribution in [0, 0.1) is 11.6 Å². The minimum Gasteiger partial charge on any atom is -0.346 e. The van der Waals surface area contributed by atoms with E-state index in [1.165, 1.54) is 0 Å². The van der Waals surface area contributed by atoms with Crippen molar-refractivity contribution in [2.24, 2.45) is 0 Å². The van der Waals surface area contributed by atoms with E-state index in [1.54, 1.807) is 0 Å². The Morgan fingerprint density at radius 2 is 1.94 bits per heavy atom. The van der Waals surface area contributed by atoms with E-state index < -0.39 is 0 Å². The number of aryl methyl sites for hydroxylation is 1. The average Bonchev–Trinajstić information content (AvgIpc) is 2.31. The van der Waals surface area contributed by atoms with Crippen LogP contribution in [0.2, 0.25) is 10.0 Å². The SMILES string of the molecule is Cc1[nH]c(Cc2c(Cl)cccc2Cl)nc(=S)c1Br. The first kappa shape index (κ1) is 14.0. The van der Waals surface area contributed by atoms with Gasteiger partial charge in [-0.25, -0.2) is 4.98 Å². The molecule has 0 atom stereocenters. The minimum atomic E-state index is 0.524. The zero-order chi connectivity index (χ0) is 13.3. The molecule has 0 amide bonds. The van der Waals surface area contributed by atoms with Crippen molar-refractivity contribution in [3.05, 3.63) is 54.4 Å². The van der Waals surface area contributed by atoms with Gasteiger partial charge in [-0.2, -0.15) is 0 Å². The van der Waals surface area contributed by atoms with E-state index in [1.807, 2.05) is 25.1 Å². The van der Waals surface area contributed by atoms with E-state index in [9.17, 15) is 0 Å². The molecule has 6 heteroatoms. The number of aromatic amines is 1. The molecule has 1 aromatic heterocycles. The van der Waals surface area contributed by atoms with Crippen molar-refractivity contribution >= 4 is 51.3 Å². The second-order valence-corrected chi connectivity index (χ2v) is 5.80. The van der Waals surface area contributed by atoms with Crippen LogP contribution in [0.15, 0.2) is 22.7 Å². The van der Waals surface area contributed by atoms with E-state index in [4.69, 9.17) is 35.4 Å². The maximum atomic E-state index is 6.13. The molecule has 0 unspecified atom stereocenters. The summed E-state index contributed by atoms with van der Waals surface area (Å²) >= 11 is 20.8. The maximum Gasteiger partial charge on any atom is 0.144 e. The summed E-state index contributed by atoms with van der Waals surface area (Å²) in [4.78, 5) is 7.48. The third kappa shape index (κ3) is 2.94. The molecular formula is C12H9BrCl2N2S. The van der Waals surface area contributed by atoms with Gasteiger partial charge in [0.2, 0.25) is 0 Å². The lowest BCUT2D eigenvalue weighted by molar-refractivity contribution is 0.926. The summed E-state index contributed by atoms with van der Waals surface area (Å²) in [6, 6.07) is 5.43. The fourth-order valence-corrected chi connectivity index (χ4v) is 2.57. The highest BCUT2D eigenvalue weighted by Crippen LogP contribution is 2.26. The van der Waals surface area contributed by atoms with Gasteiger partial charge in [-0.1, -0.05) is 41.5 Å². The van der Waals surface area contributed by atoms with E-state index in [2.05, 4.69) is 25.9 Å². The van der Waals surface area contributed by atoms with Gasteiger partial charge < -0.3 is 4.98 Å². The second kappa shape index (κ2) is 5.70. The van der Waals surface area contributed by atoms with Crippen molar-refractivity contribution in [3.8, 4) is 0 Å². The summed E-state index contributed by atoms with van der Waals surface area (Å²) in [5.74, 6) is 0.746. The topological polar surface area (TPSA) is 28.7 Å². The molecule has 0 aliphatic carbocycles. The third-order valence-corrected chi connectivity index (χ3v) is 4.73. The van der Waals surface area contributed by atoms with Gasteiger partial charge in [-0.3, -0.25) is 0 Å². The lowest BCUT2D eigenvalue weighted by Gasteiger charge is -2.08. The van der Waals surface area contributed by atoms with Gasteiger partial charge in [-0.05, 0) is 40.5 Å². The summed E-state index contributed by atoms with van der Waals surface area (Å²) in [5.41, 5.74) is 1.79. The van der Waals surface area contributed by atoms with Crippen LogP contribution in [-0.2, 0) is 6.42 Å². The lowest BCUT2D eigenvalue weighted by Crippen LogP contribution is -2.01. The van der Waals surface area contributed by atoms with Crippen LogP contribution in [0.4, 0.5) is 0 Å². The van der Waals surface area contributed by atoms with Crippen molar-refractivity contribution in [1.82, 2.24) is 9.97 Å². The van der Waals surface area contributed by atoms with Crippen molar-refractivity contribution in [1.29, 1.82) is 0 Å². The monoisotopic (exact) mass is 362 g/mol. The first-order valence-corrected chi connectivity index (χ1v) is 7.13. The van der Waals surface area contributed by atoms with Gasteiger partial charge >= 0.3 is 0 Å². The van der Waals surface area contributed by atoms with Crippen LogP contribution >= 0.6 is 51.3 Å². The highest BCUT2D eigenvalue weighted by Gasteiger charge is 2.09. The number of nitrogens with zero attached hydrogens (tertiary/aromatic N) is 1. The lowest BCUT2D eigenvalue weighted by atomic mass is 10.1. The van der Waals surface area contributed by atoms with E-state index in [0.717, 1.165) is 21.6 Å². The average molecular weight is 364 g/mol. The van der Waals surface area contributed by atoms with Gasteiger partial charge in [0, 0.05) is 22.2 Å². The van der Waals surface area contributed by atoms with Gasteiger partial charge in [-0.15, -0.1) is 0 Å². The molecule has 18 heavy (non-hydrogen) atoms. The number of benzene rings is 1. The van der Waals surface area contributed by atoms with Crippen LogP contribution < -0.4 is 0 Å². The van der Waals surface area contributed by atoms with Crippen LogP contribution in [0.3, 0.4) is 0 Å². The first-order valence-electron chi connectivity index (χ1n) is 5.17. The number of H-pyrrole nitrogens is 1. The molecule has 0 aliphatic heterocycles. The predicted molar refractivity (Wildman–Crippen MR) is 81.1 cm³/mol. The second-order valence-electron chi connectivity index (χ2n) is 3.80. The number of halogens is 3. The Labute approximate surface area is 128 Å². The molecule has 1 N–H and O–H groups in total. The number of hydrogen-bond acceptors (Lipinski definition) is 2. The van der Waals surface area contributed by atoms with Crippen molar-refractivity contribution < 1.29 is 0 Å². The molecule has 0 bridgehead atoms. The van der Waals surface area contributed by atoms with Crippen molar-refractivity contribution in [3.63, 3.8) is 0 Å². The van der Waals surface area contributed by atoms with Crippen LogP contribution in [-0.4, -0.2) is 9.97 Å². The van der Waals surface area contributed by atoms with Gasteiger partial charge in [0.25, 0.3) is 0 Å². The highest BCUT2D eigenvalue weighted by atomic mass is 79.9. The fraction of sp³-hybridized carbons (Fsp3) is 0.167. The van der Waals surface area contributed by atoms with Crippen LogP contribution in [0.1, 0.15) is 17.1 Å². The van der Waals surface area contributed by atoms with E-state index in [0.29, 0.717) is 21.1 Å². The molecule has 1 aromatic carbocycles. The molecule has 0 aliphatic rings. The molecule has 2 nitrogen and oxygen atoms in total. The Bertz CT molecular complexity index is 635. The summed E-state index contributed by atoms with van der Waals surface area (Å²) in [6.45, 7) is 1.93. The Kier molecular flexibility index (Phi) is 4.43. The fourth-order valence-electron chi connectivity index (χ4n) is 1.58.